The predicted octanol–water partition coefficient (Wildman–Crippen LogP) is 4.08. The van der Waals surface area contributed by atoms with E-state index in [9.17, 15) is 4.79 Å². The van der Waals surface area contributed by atoms with Crippen LogP contribution in [0, 0.1) is 0 Å². The molecule has 0 radical (unpaired) electrons. The number of amides is 1. The lowest BCUT2D eigenvalue weighted by Gasteiger charge is -2.06. The van der Waals surface area contributed by atoms with E-state index in [0.717, 1.165) is 16.6 Å². The summed E-state index contributed by atoms with van der Waals surface area (Å²) in [6.45, 7) is 0. The molecule has 3 rings (SSSR count). The fourth-order valence-electron chi connectivity index (χ4n) is 2.31. The second kappa shape index (κ2) is 5.02. The van der Waals surface area contributed by atoms with Crippen molar-refractivity contribution >= 4 is 34.1 Å². The number of aromatic nitrogens is 1. The zero-order valence-electron chi connectivity index (χ0n) is 10.9. The van der Waals surface area contributed by atoms with Crippen LogP contribution in [0.1, 0.15) is 10.5 Å². The molecule has 0 aliphatic rings. The van der Waals surface area contributed by atoms with Crippen LogP contribution in [0.4, 0.5) is 5.69 Å². The Hall–Kier alpha value is -2.26. The minimum absolute atomic E-state index is 0.208. The Labute approximate surface area is 121 Å². The van der Waals surface area contributed by atoms with Crippen LogP contribution < -0.4 is 5.32 Å². The highest BCUT2D eigenvalue weighted by molar-refractivity contribution is 6.39. The van der Waals surface area contributed by atoms with Crippen LogP contribution >= 0.6 is 11.6 Å². The minimum Gasteiger partial charge on any atom is -0.338 e. The maximum atomic E-state index is 12.4. The molecule has 20 heavy (non-hydrogen) atoms. The van der Waals surface area contributed by atoms with Gasteiger partial charge >= 0.3 is 0 Å². The predicted molar refractivity (Wildman–Crippen MR) is 82.3 cm³/mol. The standard InChI is InChI=1S/C16H13ClN2O/c1-19-13-10-6-5-9-12(13)14(17)15(19)16(20)18-11-7-3-2-4-8-11/h2-10H,1H3,(H,18,20). The largest absolute Gasteiger partial charge is 0.338 e. The number of hydrogen-bond donors (Lipinski definition) is 1. The molecule has 0 fully saturated rings. The molecule has 0 saturated carbocycles. The van der Waals surface area contributed by atoms with Crippen molar-refractivity contribution in [2.75, 3.05) is 5.32 Å². The third kappa shape index (κ3) is 2.06. The first-order valence-electron chi connectivity index (χ1n) is 6.28. The van der Waals surface area contributed by atoms with Crippen molar-refractivity contribution in [3.05, 3.63) is 65.3 Å². The maximum absolute atomic E-state index is 12.4. The van der Waals surface area contributed by atoms with Crippen LogP contribution in [-0.2, 0) is 7.05 Å². The molecular formula is C16H13ClN2O. The molecule has 2 aromatic carbocycles. The summed E-state index contributed by atoms with van der Waals surface area (Å²) in [6, 6.07) is 17.0. The first-order chi connectivity index (χ1) is 9.68. The Kier molecular flexibility index (Phi) is 3.20. The summed E-state index contributed by atoms with van der Waals surface area (Å²) in [5.41, 5.74) is 2.16. The molecule has 0 unspecified atom stereocenters. The molecular weight excluding hydrogens is 272 g/mol. The highest BCUT2D eigenvalue weighted by Crippen LogP contribution is 2.30. The normalized spacial score (nSPS) is 10.7. The number of nitrogens with zero attached hydrogens (tertiary/aromatic N) is 1. The molecule has 1 N–H and O–H groups in total. The summed E-state index contributed by atoms with van der Waals surface area (Å²) in [5, 5.41) is 4.22. The molecule has 4 heteroatoms. The molecule has 0 aliphatic heterocycles. The number of rotatable bonds is 2. The Morgan fingerprint density at radius 1 is 1.05 bits per heavy atom. The van der Waals surface area contributed by atoms with Crippen LogP contribution in [0.3, 0.4) is 0 Å². The molecule has 100 valence electrons. The number of para-hydroxylation sites is 2. The second-order valence-electron chi connectivity index (χ2n) is 4.56. The van der Waals surface area contributed by atoms with Crippen molar-refractivity contribution in [3.8, 4) is 0 Å². The van der Waals surface area contributed by atoms with Gasteiger partial charge in [-0.15, -0.1) is 0 Å². The molecule has 1 heterocycles. The number of aryl methyl sites for hydroxylation is 1. The molecule has 1 aromatic heterocycles. The number of carbonyl (C=O) groups excluding carboxylic acids is 1. The van der Waals surface area contributed by atoms with E-state index in [4.69, 9.17) is 11.6 Å². The summed E-state index contributed by atoms with van der Waals surface area (Å²) in [7, 11) is 1.84. The average Bonchev–Trinajstić information content (AvgIpc) is 2.72. The van der Waals surface area contributed by atoms with Crippen LogP contribution in [0.25, 0.3) is 10.9 Å². The van der Waals surface area contributed by atoms with Gasteiger partial charge in [0.15, 0.2) is 0 Å². The fourth-order valence-corrected chi connectivity index (χ4v) is 2.68. The Morgan fingerprint density at radius 3 is 2.40 bits per heavy atom. The molecule has 0 bridgehead atoms. The smallest absolute Gasteiger partial charge is 0.273 e. The Morgan fingerprint density at radius 2 is 1.70 bits per heavy atom. The number of fused-ring (bicyclic) bond motifs is 1. The molecule has 1 amide bonds. The SMILES string of the molecule is Cn1c(C(=O)Nc2ccccc2)c(Cl)c2ccccc21. The van der Waals surface area contributed by atoms with E-state index in [-0.39, 0.29) is 5.91 Å². The number of benzene rings is 2. The Bertz CT molecular complexity index is 739. The summed E-state index contributed by atoms with van der Waals surface area (Å²) < 4.78 is 1.82. The van der Waals surface area contributed by atoms with Gasteiger partial charge in [0, 0.05) is 23.6 Å². The van der Waals surface area contributed by atoms with E-state index in [1.165, 1.54) is 0 Å². The topological polar surface area (TPSA) is 34.0 Å². The number of halogens is 1. The number of hydrogen-bond acceptors (Lipinski definition) is 1. The van der Waals surface area contributed by atoms with E-state index in [2.05, 4.69) is 5.32 Å². The highest BCUT2D eigenvalue weighted by Gasteiger charge is 2.19. The Balaban J connectivity index is 2.04. The summed E-state index contributed by atoms with van der Waals surface area (Å²) in [4.78, 5) is 12.4. The minimum atomic E-state index is -0.208. The summed E-state index contributed by atoms with van der Waals surface area (Å²) in [6.07, 6.45) is 0. The first-order valence-corrected chi connectivity index (χ1v) is 6.65. The van der Waals surface area contributed by atoms with E-state index in [0.29, 0.717) is 10.7 Å². The lowest BCUT2D eigenvalue weighted by Crippen LogP contribution is -2.15. The molecule has 0 spiro atoms. The third-order valence-electron chi connectivity index (χ3n) is 3.29. The average molecular weight is 285 g/mol. The van der Waals surface area contributed by atoms with Crippen LogP contribution in [-0.4, -0.2) is 10.5 Å². The third-order valence-corrected chi connectivity index (χ3v) is 3.67. The van der Waals surface area contributed by atoms with Gasteiger partial charge in [0.2, 0.25) is 0 Å². The van der Waals surface area contributed by atoms with Crippen molar-refractivity contribution in [1.29, 1.82) is 0 Å². The van der Waals surface area contributed by atoms with Gasteiger partial charge in [0.05, 0.1) is 5.02 Å². The monoisotopic (exact) mass is 284 g/mol. The van der Waals surface area contributed by atoms with Gasteiger partial charge in [0.25, 0.3) is 5.91 Å². The zero-order chi connectivity index (χ0) is 14.1. The van der Waals surface area contributed by atoms with E-state index >= 15 is 0 Å². The van der Waals surface area contributed by atoms with Gasteiger partial charge in [-0.1, -0.05) is 48.0 Å². The quantitative estimate of drug-likeness (QED) is 0.756. The van der Waals surface area contributed by atoms with Crippen molar-refractivity contribution in [2.45, 2.75) is 0 Å². The van der Waals surface area contributed by atoms with Gasteiger partial charge in [-0.3, -0.25) is 4.79 Å². The first kappa shape index (κ1) is 12.8. The van der Waals surface area contributed by atoms with E-state index in [1.807, 2.05) is 66.2 Å². The molecule has 0 atom stereocenters. The summed E-state index contributed by atoms with van der Waals surface area (Å²) in [5.74, 6) is -0.208. The highest BCUT2D eigenvalue weighted by atomic mass is 35.5. The molecule has 3 nitrogen and oxygen atoms in total. The number of anilines is 1. The summed E-state index contributed by atoms with van der Waals surface area (Å²) >= 11 is 6.34. The van der Waals surface area contributed by atoms with E-state index in [1.54, 1.807) is 0 Å². The van der Waals surface area contributed by atoms with Crippen molar-refractivity contribution in [2.24, 2.45) is 7.05 Å². The van der Waals surface area contributed by atoms with Crippen LogP contribution in [0.15, 0.2) is 54.6 Å². The van der Waals surface area contributed by atoms with Crippen molar-refractivity contribution in [3.63, 3.8) is 0 Å². The van der Waals surface area contributed by atoms with Crippen molar-refractivity contribution in [1.82, 2.24) is 4.57 Å². The van der Waals surface area contributed by atoms with Crippen LogP contribution in [0.5, 0.6) is 0 Å². The van der Waals surface area contributed by atoms with E-state index < -0.39 is 0 Å². The van der Waals surface area contributed by atoms with Gasteiger partial charge in [-0.05, 0) is 18.2 Å². The molecule has 3 aromatic rings. The van der Waals surface area contributed by atoms with Gasteiger partial charge in [-0.25, -0.2) is 0 Å². The lowest BCUT2D eigenvalue weighted by atomic mass is 10.2. The number of carbonyl (C=O) groups is 1. The lowest BCUT2D eigenvalue weighted by molar-refractivity contribution is 0.102. The maximum Gasteiger partial charge on any atom is 0.273 e. The fraction of sp³-hybridized carbons (Fsp3) is 0.0625. The molecule has 0 saturated heterocycles. The van der Waals surface area contributed by atoms with Gasteiger partial charge < -0.3 is 9.88 Å². The van der Waals surface area contributed by atoms with Gasteiger partial charge in [0.1, 0.15) is 5.69 Å². The molecule has 0 aliphatic carbocycles. The van der Waals surface area contributed by atoms with Crippen molar-refractivity contribution < 1.29 is 4.79 Å². The second-order valence-corrected chi connectivity index (χ2v) is 4.94. The van der Waals surface area contributed by atoms with Gasteiger partial charge in [-0.2, -0.15) is 0 Å². The number of nitrogens with one attached hydrogen (secondary N) is 1. The van der Waals surface area contributed by atoms with Crippen LogP contribution in [0.2, 0.25) is 5.02 Å². The zero-order valence-corrected chi connectivity index (χ0v) is 11.7.